The summed E-state index contributed by atoms with van der Waals surface area (Å²) in [5.74, 6) is 0. The van der Waals surface area contributed by atoms with Crippen molar-refractivity contribution >= 4 is 0 Å². The number of hydrogen-bond acceptors (Lipinski definition) is 0. The van der Waals surface area contributed by atoms with Crippen molar-refractivity contribution in [2.75, 3.05) is 0 Å². The third-order valence-electron chi connectivity index (χ3n) is 3.35. The monoisotopic (exact) mass is 213 g/mol. The van der Waals surface area contributed by atoms with Gasteiger partial charge >= 0.3 is 0 Å². The molecule has 0 spiro atoms. The van der Waals surface area contributed by atoms with E-state index in [2.05, 4.69) is 68.7 Å². The molecule has 0 bridgehead atoms. The summed E-state index contributed by atoms with van der Waals surface area (Å²) in [6.45, 7) is 8.78. The molecular formula is C15H19N. The summed E-state index contributed by atoms with van der Waals surface area (Å²) in [6, 6.07) is 13.4. The Morgan fingerprint density at radius 3 is 2.00 bits per heavy atom. The van der Waals surface area contributed by atoms with Gasteiger partial charge in [0.1, 0.15) is 0 Å². The summed E-state index contributed by atoms with van der Waals surface area (Å²) in [7, 11) is 0. The minimum atomic E-state index is 0.413. The molecule has 84 valence electrons. The zero-order chi connectivity index (χ0) is 11.7. The first-order chi connectivity index (χ1) is 7.61. The number of rotatable bonds is 2. The van der Waals surface area contributed by atoms with Crippen molar-refractivity contribution < 1.29 is 0 Å². The van der Waals surface area contributed by atoms with Crippen molar-refractivity contribution in [2.45, 2.75) is 33.7 Å². The van der Waals surface area contributed by atoms with E-state index < -0.39 is 0 Å². The van der Waals surface area contributed by atoms with Crippen LogP contribution >= 0.6 is 0 Å². The van der Waals surface area contributed by atoms with Gasteiger partial charge in [0.05, 0.1) is 6.04 Å². The van der Waals surface area contributed by atoms with Gasteiger partial charge in [0.2, 0.25) is 0 Å². The maximum absolute atomic E-state index is 2.39. The summed E-state index contributed by atoms with van der Waals surface area (Å²) in [5.41, 5.74) is 5.42. The standard InChI is InChI=1S/C15H19N/c1-11-7-5-6-8-15(11)14(4)16-12(2)9-10-13(16)3/h5-10,14H,1-4H3. The van der Waals surface area contributed by atoms with Gasteiger partial charge in [0.25, 0.3) is 0 Å². The zero-order valence-electron chi connectivity index (χ0n) is 10.5. The van der Waals surface area contributed by atoms with Gasteiger partial charge in [-0.25, -0.2) is 0 Å². The molecule has 1 aromatic heterocycles. The van der Waals surface area contributed by atoms with Crippen LogP contribution < -0.4 is 0 Å². The molecule has 2 aromatic rings. The van der Waals surface area contributed by atoms with Gasteiger partial charge in [-0.15, -0.1) is 0 Å². The summed E-state index contributed by atoms with van der Waals surface area (Å²) in [6.07, 6.45) is 0. The van der Waals surface area contributed by atoms with Crippen molar-refractivity contribution in [1.29, 1.82) is 0 Å². The molecule has 0 radical (unpaired) electrons. The molecule has 1 nitrogen and oxygen atoms in total. The Labute approximate surface area is 97.7 Å². The first-order valence-electron chi connectivity index (χ1n) is 5.81. The highest BCUT2D eigenvalue weighted by Gasteiger charge is 2.12. The van der Waals surface area contributed by atoms with Crippen LogP contribution in [0.15, 0.2) is 36.4 Å². The Hall–Kier alpha value is -1.50. The Morgan fingerprint density at radius 1 is 0.875 bits per heavy atom. The van der Waals surface area contributed by atoms with Gasteiger partial charge in [-0.1, -0.05) is 24.3 Å². The fourth-order valence-electron chi connectivity index (χ4n) is 2.49. The largest absolute Gasteiger partial charge is 0.342 e. The highest BCUT2D eigenvalue weighted by atomic mass is 15.0. The number of benzene rings is 1. The summed E-state index contributed by atoms with van der Waals surface area (Å²) in [4.78, 5) is 0. The zero-order valence-corrected chi connectivity index (χ0v) is 10.5. The lowest BCUT2D eigenvalue weighted by molar-refractivity contribution is 0.607. The molecule has 0 N–H and O–H groups in total. The van der Waals surface area contributed by atoms with Gasteiger partial charge in [-0.2, -0.15) is 0 Å². The van der Waals surface area contributed by atoms with E-state index in [-0.39, 0.29) is 0 Å². The topological polar surface area (TPSA) is 4.93 Å². The smallest absolute Gasteiger partial charge is 0.0559 e. The van der Waals surface area contributed by atoms with Crippen LogP contribution in [-0.2, 0) is 0 Å². The van der Waals surface area contributed by atoms with Gasteiger partial charge in [0.15, 0.2) is 0 Å². The first kappa shape index (κ1) is 11.0. The van der Waals surface area contributed by atoms with Gasteiger partial charge in [0, 0.05) is 11.4 Å². The second kappa shape index (κ2) is 4.17. The minimum absolute atomic E-state index is 0.413. The van der Waals surface area contributed by atoms with Crippen LogP contribution in [0, 0.1) is 20.8 Å². The van der Waals surface area contributed by atoms with Crippen molar-refractivity contribution in [3.05, 3.63) is 58.9 Å². The molecule has 1 heteroatoms. The molecule has 1 heterocycles. The molecule has 1 unspecified atom stereocenters. The maximum atomic E-state index is 2.39. The van der Waals surface area contributed by atoms with Crippen molar-refractivity contribution in [2.24, 2.45) is 0 Å². The number of hydrogen-bond donors (Lipinski definition) is 0. The van der Waals surface area contributed by atoms with Crippen LogP contribution in [0.2, 0.25) is 0 Å². The average Bonchev–Trinajstić information content (AvgIpc) is 2.58. The quantitative estimate of drug-likeness (QED) is 0.710. The number of nitrogens with zero attached hydrogens (tertiary/aromatic N) is 1. The van der Waals surface area contributed by atoms with E-state index in [1.807, 2.05) is 0 Å². The van der Waals surface area contributed by atoms with Crippen molar-refractivity contribution in [3.63, 3.8) is 0 Å². The van der Waals surface area contributed by atoms with E-state index in [1.165, 1.54) is 22.5 Å². The number of aromatic nitrogens is 1. The van der Waals surface area contributed by atoms with Crippen molar-refractivity contribution in [1.82, 2.24) is 4.57 Å². The van der Waals surface area contributed by atoms with Crippen LogP contribution in [0.3, 0.4) is 0 Å². The van der Waals surface area contributed by atoms with Gasteiger partial charge in [-0.3, -0.25) is 0 Å². The van der Waals surface area contributed by atoms with Crippen LogP contribution in [0.5, 0.6) is 0 Å². The molecule has 0 saturated heterocycles. The molecule has 0 aliphatic carbocycles. The molecular weight excluding hydrogens is 194 g/mol. The Balaban J connectivity index is 2.47. The normalized spacial score (nSPS) is 12.8. The van der Waals surface area contributed by atoms with E-state index >= 15 is 0 Å². The lowest BCUT2D eigenvalue weighted by atomic mass is 10.0. The molecule has 0 saturated carbocycles. The van der Waals surface area contributed by atoms with Crippen LogP contribution in [0.25, 0.3) is 0 Å². The Kier molecular flexibility index (Phi) is 2.86. The van der Waals surface area contributed by atoms with E-state index in [4.69, 9.17) is 0 Å². The highest BCUT2D eigenvalue weighted by molar-refractivity contribution is 5.31. The Bertz CT molecular complexity index is 474. The summed E-state index contributed by atoms with van der Waals surface area (Å²) in [5, 5.41) is 0. The molecule has 0 fully saturated rings. The minimum Gasteiger partial charge on any atom is -0.342 e. The molecule has 0 aliphatic heterocycles. The number of aryl methyl sites for hydroxylation is 3. The molecule has 1 atom stereocenters. The predicted octanol–water partition coefficient (Wildman–Crippen LogP) is 4.02. The SMILES string of the molecule is Cc1ccccc1C(C)n1c(C)ccc1C. The van der Waals surface area contributed by atoms with Crippen LogP contribution in [-0.4, -0.2) is 4.57 Å². The predicted molar refractivity (Wildman–Crippen MR) is 68.9 cm³/mol. The van der Waals surface area contributed by atoms with E-state index in [9.17, 15) is 0 Å². The molecule has 2 rings (SSSR count). The van der Waals surface area contributed by atoms with Crippen molar-refractivity contribution in [3.8, 4) is 0 Å². The maximum Gasteiger partial charge on any atom is 0.0559 e. The second-order valence-corrected chi connectivity index (χ2v) is 4.52. The fraction of sp³-hybridized carbons (Fsp3) is 0.333. The summed E-state index contributed by atoms with van der Waals surface area (Å²) >= 11 is 0. The fourth-order valence-corrected chi connectivity index (χ4v) is 2.49. The van der Waals surface area contributed by atoms with E-state index in [0.717, 1.165) is 0 Å². The lowest BCUT2D eigenvalue weighted by Crippen LogP contribution is -2.11. The average molecular weight is 213 g/mol. The first-order valence-corrected chi connectivity index (χ1v) is 5.81. The molecule has 1 aromatic carbocycles. The third kappa shape index (κ3) is 1.78. The van der Waals surface area contributed by atoms with Crippen LogP contribution in [0.1, 0.15) is 35.5 Å². The third-order valence-corrected chi connectivity index (χ3v) is 3.35. The summed E-state index contributed by atoms with van der Waals surface area (Å²) < 4.78 is 2.39. The van der Waals surface area contributed by atoms with Crippen LogP contribution in [0.4, 0.5) is 0 Å². The van der Waals surface area contributed by atoms with Gasteiger partial charge in [-0.05, 0) is 51.0 Å². The molecule has 16 heavy (non-hydrogen) atoms. The molecule has 0 aliphatic rings. The van der Waals surface area contributed by atoms with Gasteiger partial charge < -0.3 is 4.57 Å². The second-order valence-electron chi connectivity index (χ2n) is 4.52. The highest BCUT2D eigenvalue weighted by Crippen LogP contribution is 2.24. The van der Waals surface area contributed by atoms with E-state index in [0.29, 0.717) is 6.04 Å². The molecule has 0 amide bonds. The van der Waals surface area contributed by atoms with E-state index in [1.54, 1.807) is 0 Å². The Morgan fingerprint density at radius 2 is 1.44 bits per heavy atom. The lowest BCUT2D eigenvalue weighted by Gasteiger charge is -2.20.